The number of fused-ring (bicyclic) bond motifs is 1. The molecular formula is C19H27N5O4Si. The second-order valence-electron chi connectivity index (χ2n) is 7.54. The van der Waals surface area contributed by atoms with Crippen LogP contribution >= 0.6 is 0 Å². The summed E-state index contributed by atoms with van der Waals surface area (Å²) in [5.41, 5.74) is 9.93. The lowest BCUT2D eigenvalue weighted by Crippen LogP contribution is -2.22. The van der Waals surface area contributed by atoms with E-state index in [1.54, 1.807) is 26.3 Å². The van der Waals surface area contributed by atoms with E-state index in [1.807, 2.05) is 10.6 Å². The zero-order chi connectivity index (χ0) is 21.4. The summed E-state index contributed by atoms with van der Waals surface area (Å²) in [6.45, 7) is 9.59. The number of aromatic nitrogens is 2. The topological polar surface area (TPSA) is 111 Å². The number of nitrogens with zero attached hydrogens (tertiary/aromatic N) is 5. The maximum absolute atomic E-state index is 12.1. The molecule has 0 saturated heterocycles. The lowest BCUT2D eigenvalue weighted by atomic mass is 10.2. The predicted molar refractivity (Wildman–Crippen MR) is 114 cm³/mol. The van der Waals surface area contributed by atoms with Crippen molar-refractivity contribution in [2.75, 3.05) is 20.3 Å². The van der Waals surface area contributed by atoms with Gasteiger partial charge in [-0.25, -0.2) is 9.78 Å². The van der Waals surface area contributed by atoms with Crippen LogP contribution in [0.15, 0.2) is 29.1 Å². The van der Waals surface area contributed by atoms with Crippen molar-refractivity contribution in [3.05, 3.63) is 40.2 Å². The first-order valence-electron chi connectivity index (χ1n) is 9.34. The van der Waals surface area contributed by atoms with Gasteiger partial charge in [0.2, 0.25) is 0 Å². The molecule has 0 amide bonds. The fraction of sp³-hybridized carbons (Fsp3) is 0.474. The van der Waals surface area contributed by atoms with Crippen LogP contribution in [0.2, 0.25) is 25.7 Å². The largest absolute Gasteiger partial charge is 0.496 e. The van der Waals surface area contributed by atoms with Gasteiger partial charge in [-0.05, 0) is 36.7 Å². The molecule has 156 valence electrons. The highest BCUT2D eigenvalue weighted by molar-refractivity contribution is 6.76. The van der Waals surface area contributed by atoms with Gasteiger partial charge in [-0.2, -0.15) is 0 Å². The maximum atomic E-state index is 12.1. The summed E-state index contributed by atoms with van der Waals surface area (Å²) in [5, 5.41) is 4.25. The summed E-state index contributed by atoms with van der Waals surface area (Å²) < 4.78 is 18.1. The summed E-state index contributed by atoms with van der Waals surface area (Å²) in [6, 6.07) is 4.60. The SMILES string of the molecule is CCOC(=O)/C(=C/c1cc2c(OC)ccnc2n1COCC[Si](C)(C)C)N=[N+]=[N-]. The van der Waals surface area contributed by atoms with Crippen molar-refractivity contribution in [2.24, 2.45) is 5.11 Å². The molecule has 0 N–H and O–H groups in total. The molecule has 0 spiro atoms. The second kappa shape index (κ2) is 10.1. The van der Waals surface area contributed by atoms with E-state index in [4.69, 9.17) is 19.7 Å². The van der Waals surface area contributed by atoms with E-state index in [-0.39, 0.29) is 19.0 Å². The zero-order valence-electron chi connectivity index (χ0n) is 17.5. The first-order chi connectivity index (χ1) is 13.8. The van der Waals surface area contributed by atoms with Crippen LogP contribution in [-0.2, 0) is 21.0 Å². The van der Waals surface area contributed by atoms with Crippen LogP contribution in [0.5, 0.6) is 5.75 Å². The highest BCUT2D eigenvalue weighted by Crippen LogP contribution is 2.28. The van der Waals surface area contributed by atoms with Crippen molar-refractivity contribution in [3.8, 4) is 5.75 Å². The number of carbonyl (C=O) groups excluding carboxylic acids is 1. The van der Waals surface area contributed by atoms with E-state index in [9.17, 15) is 4.79 Å². The molecule has 0 bridgehead atoms. The Balaban J connectivity index is 2.47. The molecule has 0 unspecified atom stereocenters. The average molecular weight is 418 g/mol. The lowest BCUT2D eigenvalue weighted by molar-refractivity contribution is -0.138. The van der Waals surface area contributed by atoms with E-state index in [1.165, 1.54) is 6.08 Å². The number of hydrogen-bond donors (Lipinski definition) is 0. The standard InChI is InChI=1S/C19H27N5O4Si/c1-6-28-19(25)16(22-23-20)12-14-11-15-17(26-2)7-8-21-18(15)24(14)13-27-9-10-29(3,4)5/h7-8,11-12H,6,9-10,13H2,1-5H3/b16-12-. The van der Waals surface area contributed by atoms with Crippen LogP contribution in [0, 0.1) is 0 Å². The third-order valence-corrected chi connectivity index (χ3v) is 5.85. The molecule has 9 nitrogen and oxygen atoms in total. The molecule has 0 aliphatic carbocycles. The molecule has 0 radical (unpaired) electrons. The Bertz CT molecular complexity index is 942. The first-order valence-corrected chi connectivity index (χ1v) is 13.0. The summed E-state index contributed by atoms with van der Waals surface area (Å²) in [6.07, 6.45) is 3.12. The fourth-order valence-corrected chi connectivity index (χ4v) is 3.39. The molecule has 0 atom stereocenters. The minimum atomic E-state index is -1.22. The Labute approximate surface area is 170 Å². The maximum Gasteiger partial charge on any atom is 0.340 e. The van der Waals surface area contributed by atoms with E-state index < -0.39 is 14.0 Å². The van der Waals surface area contributed by atoms with Crippen LogP contribution in [-0.4, -0.2) is 43.9 Å². The minimum absolute atomic E-state index is 0.139. The van der Waals surface area contributed by atoms with Gasteiger partial charge in [-0.15, -0.1) is 0 Å². The van der Waals surface area contributed by atoms with E-state index >= 15 is 0 Å². The molecule has 0 aliphatic rings. The molecule has 0 fully saturated rings. The van der Waals surface area contributed by atoms with Crippen molar-refractivity contribution in [3.63, 3.8) is 0 Å². The normalized spacial score (nSPS) is 12.0. The minimum Gasteiger partial charge on any atom is -0.496 e. The Morgan fingerprint density at radius 2 is 2.17 bits per heavy atom. The molecule has 0 aromatic carbocycles. The molecule has 0 aliphatic heterocycles. The number of rotatable bonds is 10. The molecule has 2 aromatic heterocycles. The quantitative estimate of drug-likeness (QED) is 0.107. The Morgan fingerprint density at radius 3 is 2.79 bits per heavy atom. The van der Waals surface area contributed by atoms with E-state index in [2.05, 4.69) is 34.7 Å². The zero-order valence-corrected chi connectivity index (χ0v) is 18.5. The fourth-order valence-electron chi connectivity index (χ4n) is 2.63. The number of hydrogen-bond acceptors (Lipinski definition) is 6. The van der Waals surface area contributed by atoms with Crippen molar-refractivity contribution in [1.82, 2.24) is 9.55 Å². The average Bonchev–Trinajstić information content (AvgIpc) is 3.01. The first kappa shape index (κ1) is 22.5. The predicted octanol–water partition coefficient (Wildman–Crippen LogP) is 4.57. The van der Waals surface area contributed by atoms with Crippen LogP contribution < -0.4 is 4.74 Å². The van der Waals surface area contributed by atoms with Crippen LogP contribution in [0.25, 0.3) is 27.6 Å². The van der Waals surface area contributed by atoms with Gasteiger partial charge in [0.25, 0.3) is 0 Å². The second-order valence-corrected chi connectivity index (χ2v) is 13.2. The molecule has 0 saturated carbocycles. The number of carbonyl (C=O) groups is 1. The Kier molecular flexibility index (Phi) is 7.83. The highest BCUT2D eigenvalue weighted by Gasteiger charge is 2.17. The van der Waals surface area contributed by atoms with Crippen LogP contribution in [0.3, 0.4) is 0 Å². The summed E-state index contributed by atoms with van der Waals surface area (Å²) in [7, 11) is 0.359. The number of esters is 1. The van der Waals surface area contributed by atoms with Crippen molar-refractivity contribution < 1.29 is 19.0 Å². The van der Waals surface area contributed by atoms with Crippen molar-refractivity contribution in [2.45, 2.75) is 39.3 Å². The van der Waals surface area contributed by atoms with E-state index in [0.29, 0.717) is 23.7 Å². The van der Waals surface area contributed by atoms with Crippen LogP contribution in [0.1, 0.15) is 12.6 Å². The summed E-state index contributed by atoms with van der Waals surface area (Å²) >= 11 is 0. The lowest BCUT2D eigenvalue weighted by Gasteiger charge is -2.16. The van der Waals surface area contributed by atoms with Gasteiger partial charge in [0.15, 0.2) is 0 Å². The number of methoxy groups -OCH3 is 1. The summed E-state index contributed by atoms with van der Waals surface area (Å²) in [4.78, 5) is 19.3. The number of ether oxygens (including phenoxy) is 3. The highest BCUT2D eigenvalue weighted by atomic mass is 28.3. The summed E-state index contributed by atoms with van der Waals surface area (Å²) in [5.74, 6) is -0.0475. The molecular weight excluding hydrogens is 390 g/mol. The smallest absolute Gasteiger partial charge is 0.340 e. The number of pyridine rings is 1. The van der Waals surface area contributed by atoms with Crippen molar-refractivity contribution >= 4 is 31.2 Å². The molecule has 10 heteroatoms. The molecule has 2 rings (SSSR count). The van der Waals surface area contributed by atoms with Gasteiger partial charge in [0.1, 0.15) is 23.8 Å². The molecule has 29 heavy (non-hydrogen) atoms. The molecule has 2 aromatic rings. The molecule has 2 heterocycles. The van der Waals surface area contributed by atoms with Crippen LogP contribution in [0.4, 0.5) is 0 Å². The Morgan fingerprint density at radius 1 is 1.41 bits per heavy atom. The Hall–Kier alpha value is -2.81. The van der Waals surface area contributed by atoms with E-state index in [0.717, 1.165) is 11.4 Å². The van der Waals surface area contributed by atoms with Gasteiger partial charge >= 0.3 is 5.97 Å². The van der Waals surface area contributed by atoms with Gasteiger partial charge in [-0.1, -0.05) is 24.8 Å². The third-order valence-electron chi connectivity index (χ3n) is 4.15. The monoisotopic (exact) mass is 417 g/mol. The number of azide groups is 1. The van der Waals surface area contributed by atoms with Gasteiger partial charge < -0.3 is 18.8 Å². The third kappa shape index (κ3) is 6.08. The van der Waals surface area contributed by atoms with Gasteiger partial charge in [-0.3, -0.25) is 0 Å². The van der Waals surface area contributed by atoms with Gasteiger partial charge in [0.05, 0.1) is 19.1 Å². The van der Waals surface area contributed by atoms with Gasteiger partial charge in [0, 0.05) is 31.5 Å². The van der Waals surface area contributed by atoms with Crippen molar-refractivity contribution in [1.29, 1.82) is 0 Å².